The van der Waals surface area contributed by atoms with Crippen LogP contribution in [0.1, 0.15) is 5.56 Å². The molecule has 70 valence electrons. The van der Waals surface area contributed by atoms with E-state index in [0.29, 0.717) is 0 Å². The Kier molecular flexibility index (Phi) is 3.38. The molecular formula is C11H14O2. The highest BCUT2D eigenvalue weighted by molar-refractivity contribution is 5.45. The third-order valence-electron chi connectivity index (χ3n) is 1.88. The topological polar surface area (TPSA) is 18.5 Å². The Labute approximate surface area is 78.8 Å². The van der Waals surface area contributed by atoms with Crippen molar-refractivity contribution in [2.45, 2.75) is 6.42 Å². The van der Waals surface area contributed by atoms with Gasteiger partial charge in [-0.25, -0.2) is 0 Å². The molecule has 1 rings (SSSR count). The van der Waals surface area contributed by atoms with E-state index in [-0.39, 0.29) is 0 Å². The summed E-state index contributed by atoms with van der Waals surface area (Å²) in [5.74, 6) is 1.69. The maximum Gasteiger partial charge on any atom is 0.126 e. The Bertz CT molecular complexity index is 270. The van der Waals surface area contributed by atoms with Gasteiger partial charge in [0.1, 0.15) is 11.5 Å². The molecule has 2 heteroatoms. The maximum atomic E-state index is 5.21. The molecule has 0 aliphatic carbocycles. The molecule has 0 bridgehead atoms. The molecule has 13 heavy (non-hydrogen) atoms. The minimum Gasteiger partial charge on any atom is -0.496 e. The quantitative estimate of drug-likeness (QED) is 0.659. The minimum absolute atomic E-state index is 0.757. The molecule has 1 aromatic carbocycles. The van der Waals surface area contributed by atoms with Crippen LogP contribution < -0.4 is 9.47 Å². The van der Waals surface area contributed by atoms with Gasteiger partial charge in [0.25, 0.3) is 0 Å². The fourth-order valence-electron chi connectivity index (χ4n) is 1.27. The van der Waals surface area contributed by atoms with Gasteiger partial charge < -0.3 is 9.47 Å². The predicted molar refractivity (Wildman–Crippen MR) is 53.4 cm³/mol. The van der Waals surface area contributed by atoms with Crippen LogP contribution in [0, 0.1) is 0 Å². The Morgan fingerprint density at radius 1 is 1.23 bits per heavy atom. The largest absolute Gasteiger partial charge is 0.496 e. The van der Waals surface area contributed by atoms with Gasteiger partial charge in [-0.15, -0.1) is 6.58 Å². The van der Waals surface area contributed by atoms with Crippen molar-refractivity contribution in [2.24, 2.45) is 0 Å². The lowest BCUT2D eigenvalue weighted by molar-refractivity contribution is 0.387. The van der Waals surface area contributed by atoms with Crippen molar-refractivity contribution in [3.63, 3.8) is 0 Å². The zero-order valence-corrected chi connectivity index (χ0v) is 8.04. The average molecular weight is 178 g/mol. The zero-order valence-electron chi connectivity index (χ0n) is 8.04. The summed E-state index contributed by atoms with van der Waals surface area (Å²) in [5, 5.41) is 0. The lowest BCUT2D eigenvalue weighted by Crippen LogP contribution is -1.95. The molecule has 0 fully saturated rings. The second-order valence-corrected chi connectivity index (χ2v) is 2.63. The first-order valence-electron chi connectivity index (χ1n) is 4.14. The lowest BCUT2D eigenvalue weighted by atomic mass is 10.1. The van der Waals surface area contributed by atoms with Crippen molar-refractivity contribution in [3.8, 4) is 11.5 Å². The van der Waals surface area contributed by atoms with E-state index in [9.17, 15) is 0 Å². The van der Waals surface area contributed by atoms with Gasteiger partial charge >= 0.3 is 0 Å². The van der Waals surface area contributed by atoms with E-state index in [0.717, 1.165) is 23.5 Å². The molecule has 0 atom stereocenters. The Morgan fingerprint density at radius 2 is 1.77 bits per heavy atom. The van der Waals surface area contributed by atoms with Gasteiger partial charge in [0.05, 0.1) is 14.2 Å². The molecule has 2 nitrogen and oxygen atoms in total. The maximum absolute atomic E-state index is 5.21. The van der Waals surface area contributed by atoms with Gasteiger partial charge in [-0.05, 0) is 18.6 Å². The highest BCUT2D eigenvalue weighted by Gasteiger charge is 2.06. The van der Waals surface area contributed by atoms with E-state index in [1.807, 2.05) is 24.3 Å². The van der Waals surface area contributed by atoms with Crippen molar-refractivity contribution in [1.82, 2.24) is 0 Å². The first-order chi connectivity index (χ1) is 6.33. The number of benzene rings is 1. The van der Waals surface area contributed by atoms with Crippen LogP contribution in [-0.4, -0.2) is 14.2 Å². The van der Waals surface area contributed by atoms with Gasteiger partial charge in [0, 0.05) is 5.56 Å². The van der Waals surface area contributed by atoms with Gasteiger partial charge in [-0.2, -0.15) is 0 Å². The molecule has 0 N–H and O–H groups in total. The van der Waals surface area contributed by atoms with Crippen LogP contribution in [0.5, 0.6) is 11.5 Å². The van der Waals surface area contributed by atoms with Gasteiger partial charge in [0.2, 0.25) is 0 Å². The van der Waals surface area contributed by atoms with E-state index in [1.54, 1.807) is 14.2 Å². The molecule has 0 saturated heterocycles. The molecule has 0 aliphatic heterocycles. The van der Waals surface area contributed by atoms with Crippen molar-refractivity contribution in [1.29, 1.82) is 0 Å². The number of rotatable bonds is 4. The smallest absolute Gasteiger partial charge is 0.126 e. The summed E-state index contributed by atoms with van der Waals surface area (Å²) in [6.45, 7) is 3.70. The molecule has 0 heterocycles. The van der Waals surface area contributed by atoms with Gasteiger partial charge in [-0.3, -0.25) is 0 Å². The van der Waals surface area contributed by atoms with Crippen LogP contribution in [0.4, 0.5) is 0 Å². The zero-order chi connectivity index (χ0) is 9.68. The number of hydrogen-bond donors (Lipinski definition) is 0. The molecule has 0 aromatic heterocycles. The van der Waals surface area contributed by atoms with Crippen LogP contribution in [0.2, 0.25) is 0 Å². The van der Waals surface area contributed by atoms with Gasteiger partial charge in [-0.1, -0.05) is 12.1 Å². The van der Waals surface area contributed by atoms with Crippen LogP contribution in [0.3, 0.4) is 0 Å². The fraction of sp³-hybridized carbons (Fsp3) is 0.273. The Hall–Kier alpha value is -1.44. The first-order valence-corrected chi connectivity index (χ1v) is 4.14. The van der Waals surface area contributed by atoms with Crippen LogP contribution >= 0.6 is 0 Å². The third kappa shape index (κ3) is 2.02. The minimum atomic E-state index is 0.757. The second kappa shape index (κ2) is 4.55. The van der Waals surface area contributed by atoms with Crippen molar-refractivity contribution < 1.29 is 9.47 Å². The summed E-state index contributed by atoms with van der Waals surface area (Å²) in [7, 11) is 3.31. The summed E-state index contributed by atoms with van der Waals surface area (Å²) >= 11 is 0. The number of hydrogen-bond acceptors (Lipinski definition) is 2. The standard InChI is InChI=1S/C11H14O2/c1-4-6-9-10(12-2)7-5-8-11(9)13-3/h4-5,7-8H,1,6H2,2-3H3. The van der Waals surface area contributed by atoms with E-state index in [4.69, 9.17) is 9.47 Å². The molecule has 0 unspecified atom stereocenters. The predicted octanol–water partition coefficient (Wildman–Crippen LogP) is 2.43. The Balaban J connectivity index is 3.12. The van der Waals surface area contributed by atoms with E-state index in [2.05, 4.69) is 6.58 Å². The monoisotopic (exact) mass is 178 g/mol. The highest BCUT2D eigenvalue weighted by atomic mass is 16.5. The first kappa shape index (κ1) is 9.65. The van der Waals surface area contributed by atoms with Crippen molar-refractivity contribution >= 4 is 0 Å². The summed E-state index contributed by atoms with van der Waals surface area (Å²) in [6, 6.07) is 5.74. The average Bonchev–Trinajstić information content (AvgIpc) is 2.18. The molecule has 0 aliphatic rings. The summed E-state index contributed by atoms with van der Waals surface area (Å²) in [4.78, 5) is 0. The van der Waals surface area contributed by atoms with Crippen molar-refractivity contribution in [3.05, 3.63) is 36.4 Å². The van der Waals surface area contributed by atoms with Crippen LogP contribution in [0.25, 0.3) is 0 Å². The number of allylic oxidation sites excluding steroid dienone is 1. The molecular weight excluding hydrogens is 164 g/mol. The van der Waals surface area contributed by atoms with E-state index in [1.165, 1.54) is 0 Å². The molecule has 1 aromatic rings. The third-order valence-corrected chi connectivity index (χ3v) is 1.88. The highest BCUT2D eigenvalue weighted by Crippen LogP contribution is 2.28. The Morgan fingerprint density at radius 3 is 2.15 bits per heavy atom. The van der Waals surface area contributed by atoms with Gasteiger partial charge in [0.15, 0.2) is 0 Å². The van der Waals surface area contributed by atoms with E-state index >= 15 is 0 Å². The summed E-state index contributed by atoms with van der Waals surface area (Å²) in [6.07, 6.45) is 2.59. The molecule has 0 amide bonds. The second-order valence-electron chi connectivity index (χ2n) is 2.63. The van der Waals surface area contributed by atoms with Crippen molar-refractivity contribution in [2.75, 3.05) is 14.2 Å². The molecule has 0 saturated carbocycles. The van der Waals surface area contributed by atoms with Crippen LogP contribution in [0.15, 0.2) is 30.9 Å². The van der Waals surface area contributed by atoms with Crippen LogP contribution in [-0.2, 0) is 6.42 Å². The normalized spacial score (nSPS) is 9.38. The number of ether oxygens (including phenoxy) is 2. The lowest BCUT2D eigenvalue weighted by Gasteiger charge is -2.10. The summed E-state index contributed by atoms with van der Waals surface area (Å²) < 4.78 is 10.4. The fourth-order valence-corrected chi connectivity index (χ4v) is 1.27. The number of methoxy groups -OCH3 is 2. The molecule has 0 spiro atoms. The summed E-state index contributed by atoms with van der Waals surface area (Å²) in [5.41, 5.74) is 1.04. The molecule has 0 radical (unpaired) electrons. The van der Waals surface area contributed by atoms with E-state index < -0.39 is 0 Å². The SMILES string of the molecule is C=CCc1c(OC)cccc1OC.